The lowest BCUT2D eigenvalue weighted by molar-refractivity contribution is 0.298. The van der Waals surface area contributed by atoms with Gasteiger partial charge in [-0.15, -0.1) is 0 Å². The van der Waals surface area contributed by atoms with Gasteiger partial charge < -0.3 is 39.2 Å². The lowest BCUT2D eigenvalue weighted by Crippen LogP contribution is -2.45. The molecule has 0 saturated carbocycles. The molecule has 0 aliphatic carbocycles. The number of hydrogen-bond acceptors (Lipinski definition) is 4. The van der Waals surface area contributed by atoms with Gasteiger partial charge in [0.2, 0.25) is 0 Å². The molecule has 1 atom stereocenters. The van der Waals surface area contributed by atoms with E-state index in [1.807, 2.05) is 0 Å². The number of hydrogen-bond donors (Lipinski definition) is 4. The minimum Gasteiger partial charge on any atom is -0.343 e. The molecule has 0 heterocycles. The highest BCUT2D eigenvalue weighted by atomic mass is 31.0. The van der Waals surface area contributed by atoms with Gasteiger partial charge in [0, 0.05) is 105 Å². The van der Waals surface area contributed by atoms with E-state index in [1.54, 1.807) is 0 Å². The smallest absolute Gasteiger partial charge is 0.193 e. The summed E-state index contributed by atoms with van der Waals surface area (Å²) in [7, 11) is 0. The zero-order valence-corrected chi connectivity index (χ0v) is 59.6. The Morgan fingerprint density at radius 2 is 0.222 bits per heavy atom. The molecular formula is C68H151N12P. The number of rotatable bonds is 48. The topological polar surface area (TPSA) is 121 Å². The third kappa shape index (κ3) is 50.5. The quantitative estimate of drug-likeness (QED) is 0.0270. The average molecular weight is 1170 g/mol. The molecule has 0 spiro atoms. The molecule has 488 valence electrons. The van der Waals surface area contributed by atoms with E-state index in [4.69, 9.17) is 21.6 Å². The zero-order chi connectivity index (χ0) is 60.9. The summed E-state index contributed by atoms with van der Waals surface area (Å²) >= 11 is 0. The SMILES string of the molecule is CCCCN(CCCC)C(=N)N(CCCC)CCCC.CCCCN(CCCC)C(=N)N(CCCC)CCCC.CCCCN(CCCC)C(=N)N(CCCC)CCCC.CCCCN(CCCC)C(=N)N(CCCC)CCCC.P. The Bertz CT molecular complexity index is 961. The first-order valence-corrected chi connectivity index (χ1v) is 35.2. The highest BCUT2D eigenvalue weighted by molar-refractivity contribution is 6.92. The van der Waals surface area contributed by atoms with Crippen molar-refractivity contribution < 1.29 is 0 Å². The van der Waals surface area contributed by atoms with Gasteiger partial charge in [-0.1, -0.05) is 214 Å². The molecular weight excluding hydrogens is 1020 g/mol. The van der Waals surface area contributed by atoms with Crippen LogP contribution in [0.3, 0.4) is 0 Å². The Morgan fingerprint density at radius 1 is 0.160 bits per heavy atom. The van der Waals surface area contributed by atoms with Crippen LogP contribution < -0.4 is 0 Å². The lowest BCUT2D eigenvalue weighted by atomic mass is 10.2. The maximum absolute atomic E-state index is 8.57. The molecule has 0 radical (unpaired) electrons. The second-order valence-corrected chi connectivity index (χ2v) is 22.8. The molecule has 0 aromatic heterocycles. The molecule has 0 aliphatic heterocycles. The molecule has 81 heavy (non-hydrogen) atoms. The standard InChI is InChI=1S/4C17H37N3.H3P/c4*1-5-9-13-19(14-10-6-2)17(18)20(15-11-7-3)16-12-8-4;/h4*18H,5-16H2,1-4H3;1H3. The minimum absolute atomic E-state index is 0. The predicted octanol–water partition coefficient (Wildman–Crippen LogP) is 19.0. The highest BCUT2D eigenvalue weighted by Gasteiger charge is 2.19. The van der Waals surface area contributed by atoms with Crippen LogP contribution in [0.2, 0.25) is 0 Å². The molecule has 12 nitrogen and oxygen atoms in total. The van der Waals surface area contributed by atoms with Crippen molar-refractivity contribution in [3.63, 3.8) is 0 Å². The second-order valence-electron chi connectivity index (χ2n) is 22.8. The number of nitrogens with zero attached hydrogens (tertiary/aromatic N) is 8. The van der Waals surface area contributed by atoms with Gasteiger partial charge >= 0.3 is 0 Å². The molecule has 0 bridgehead atoms. The summed E-state index contributed by atoms with van der Waals surface area (Å²) in [5, 5.41) is 34.3. The summed E-state index contributed by atoms with van der Waals surface area (Å²) in [5.41, 5.74) is 0. The highest BCUT2D eigenvalue weighted by Crippen LogP contribution is 2.12. The van der Waals surface area contributed by atoms with Gasteiger partial charge in [-0.3, -0.25) is 21.6 Å². The molecule has 0 fully saturated rings. The Balaban J connectivity index is -0.000000316. The first-order valence-electron chi connectivity index (χ1n) is 35.2. The molecule has 0 saturated heterocycles. The van der Waals surface area contributed by atoms with Crippen molar-refractivity contribution in [2.24, 2.45) is 0 Å². The maximum Gasteiger partial charge on any atom is 0.193 e. The van der Waals surface area contributed by atoms with Crippen molar-refractivity contribution in [1.29, 1.82) is 21.6 Å². The monoisotopic (exact) mass is 1170 g/mol. The van der Waals surface area contributed by atoms with E-state index < -0.39 is 0 Å². The zero-order valence-electron chi connectivity index (χ0n) is 58.2. The molecule has 1 unspecified atom stereocenters. The van der Waals surface area contributed by atoms with Crippen molar-refractivity contribution in [2.75, 3.05) is 105 Å². The van der Waals surface area contributed by atoms with Crippen molar-refractivity contribution in [3.8, 4) is 0 Å². The van der Waals surface area contributed by atoms with Gasteiger partial charge in [0.15, 0.2) is 23.8 Å². The van der Waals surface area contributed by atoms with Gasteiger partial charge in [0.25, 0.3) is 0 Å². The fraction of sp³-hybridized carbons (Fsp3) is 0.941. The lowest BCUT2D eigenvalue weighted by Gasteiger charge is -2.33. The normalized spacial score (nSPS) is 10.5. The Hall–Kier alpha value is -2.49. The Kier molecular flexibility index (Phi) is 73.6. The third-order valence-corrected chi connectivity index (χ3v) is 14.9. The van der Waals surface area contributed by atoms with Crippen LogP contribution >= 0.6 is 9.90 Å². The Morgan fingerprint density at radius 3 is 0.272 bits per heavy atom. The first kappa shape index (κ1) is 87.3. The predicted molar refractivity (Wildman–Crippen MR) is 373 cm³/mol. The van der Waals surface area contributed by atoms with E-state index in [0.717, 1.165) is 129 Å². The largest absolute Gasteiger partial charge is 0.343 e. The van der Waals surface area contributed by atoms with Crippen LogP contribution in [0.15, 0.2) is 0 Å². The van der Waals surface area contributed by atoms with Gasteiger partial charge in [-0.25, -0.2) is 0 Å². The number of unbranched alkanes of at least 4 members (excludes halogenated alkanes) is 16. The van der Waals surface area contributed by atoms with E-state index in [1.165, 1.54) is 205 Å². The fourth-order valence-corrected chi connectivity index (χ4v) is 8.97. The van der Waals surface area contributed by atoms with Gasteiger partial charge in [0.05, 0.1) is 0 Å². The summed E-state index contributed by atoms with van der Waals surface area (Å²) in [6, 6.07) is 0. The molecule has 0 aromatic carbocycles. The van der Waals surface area contributed by atoms with E-state index in [0.29, 0.717) is 0 Å². The van der Waals surface area contributed by atoms with Gasteiger partial charge in [-0.2, -0.15) is 9.90 Å². The summed E-state index contributed by atoms with van der Waals surface area (Å²) in [6.07, 6.45) is 38.5. The van der Waals surface area contributed by atoms with E-state index in [2.05, 4.69) is 150 Å². The van der Waals surface area contributed by atoms with Crippen LogP contribution in [0.5, 0.6) is 0 Å². The molecule has 0 amide bonds. The number of guanidine groups is 4. The van der Waals surface area contributed by atoms with E-state index in [-0.39, 0.29) is 9.90 Å². The fourth-order valence-electron chi connectivity index (χ4n) is 8.97. The van der Waals surface area contributed by atoms with Crippen LogP contribution in [-0.2, 0) is 0 Å². The van der Waals surface area contributed by atoms with E-state index >= 15 is 0 Å². The Labute approximate surface area is 513 Å². The number of nitrogens with one attached hydrogen (secondary N) is 4. The molecule has 0 aromatic rings. The van der Waals surface area contributed by atoms with Crippen LogP contribution in [0.1, 0.15) is 316 Å². The van der Waals surface area contributed by atoms with Crippen LogP contribution in [0, 0.1) is 21.6 Å². The van der Waals surface area contributed by atoms with Gasteiger partial charge in [-0.05, 0) is 103 Å². The average Bonchev–Trinajstić information content (AvgIpc) is 3.47. The van der Waals surface area contributed by atoms with Crippen molar-refractivity contribution in [2.45, 2.75) is 316 Å². The maximum atomic E-state index is 8.57. The first-order chi connectivity index (χ1) is 38.8. The summed E-state index contributed by atoms with van der Waals surface area (Å²) < 4.78 is 0. The summed E-state index contributed by atoms with van der Waals surface area (Å²) in [6.45, 7) is 52.4. The molecule has 4 N–H and O–H groups in total. The molecule has 13 heteroatoms. The van der Waals surface area contributed by atoms with Crippen LogP contribution in [0.4, 0.5) is 0 Å². The second kappa shape index (κ2) is 68.3. The van der Waals surface area contributed by atoms with Crippen LogP contribution in [0.25, 0.3) is 0 Å². The van der Waals surface area contributed by atoms with Crippen molar-refractivity contribution in [3.05, 3.63) is 0 Å². The van der Waals surface area contributed by atoms with Gasteiger partial charge in [0.1, 0.15) is 0 Å². The van der Waals surface area contributed by atoms with Crippen molar-refractivity contribution >= 4 is 33.7 Å². The third-order valence-electron chi connectivity index (χ3n) is 14.9. The van der Waals surface area contributed by atoms with Crippen molar-refractivity contribution in [1.82, 2.24) is 39.2 Å². The van der Waals surface area contributed by atoms with E-state index in [9.17, 15) is 0 Å². The minimum atomic E-state index is 0. The van der Waals surface area contributed by atoms with Crippen LogP contribution in [-0.4, -0.2) is 168 Å². The molecule has 0 rings (SSSR count). The summed E-state index contributed by atoms with van der Waals surface area (Å²) in [4.78, 5) is 18.4. The molecule has 0 aliphatic rings. The summed E-state index contributed by atoms with van der Waals surface area (Å²) in [5.74, 6) is 3.09.